The second-order valence-electron chi connectivity index (χ2n) is 4.44. The molecule has 1 amide bonds. The van der Waals surface area contributed by atoms with E-state index < -0.39 is 0 Å². The summed E-state index contributed by atoms with van der Waals surface area (Å²) in [6, 6.07) is 10.3. The van der Waals surface area contributed by atoms with Crippen LogP contribution in [0.2, 0.25) is 0 Å². The van der Waals surface area contributed by atoms with Gasteiger partial charge in [-0.25, -0.2) is 0 Å². The van der Waals surface area contributed by atoms with E-state index in [1.54, 1.807) is 31.2 Å². The number of nitrogens with one attached hydrogen (secondary N) is 1. The highest BCUT2D eigenvalue weighted by atomic mass is 35.5. The summed E-state index contributed by atoms with van der Waals surface area (Å²) < 4.78 is 5.23. The number of methoxy groups -OCH3 is 1. The number of ether oxygens (including phenoxy) is 1. The van der Waals surface area contributed by atoms with E-state index in [1.807, 2.05) is 6.07 Å². The third kappa shape index (κ3) is 3.27. The lowest BCUT2D eigenvalue weighted by Crippen LogP contribution is -3.00. The van der Waals surface area contributed by atoms with E-state index >= 15 is 0 Å². The zero-order valence-corrected chi connectivity index (χ0v) is 12.9. The van der Waals surface area contributed by atoms with Crippen LogP contribution in [-0.2, 0) is 0 Å². The van der Waals surface area contributed by atoms with Gasteiger partial charge >= 0.3 is 5.69 Å². The minimum Gasteiger partial charge on any atom is -1.00 e. The van der Waals surface area contributed by atoms with Gasteiger partial charge in [-0.3, -0.25) is 4.79 Å². The molecule has 0 bridgehead atoms. The van der Waals surface area contributed by atoms with Gasteiger partial charge in [0.2, 0.25) is 5.39 Å². The predicted octanol–water partition coefficient (Wildman–Crippen LogP) is 0.327. The fourth-order valence-electron chi connectivity index (χ4n) is 2.03. The van der Waals surface area contributed by atoms with Gasteiger partial charge in [0.25, 0.3) is 5.91 Å². The van der Waals surface area contributed by atoms with Gasteiger partial charge in [-0.05, 0) is 19.1 Å². The Balaban J connectivity index is 0.00000242. The molecule has 0 spiro atoms. The number of carbonyl (C=O) groups excluding carboxylic acids is 1. The molecule has 6 nitrogen and oxygen atoms in total. The van der Waals surface area contributed by atoms with Crippen LogP contribution in [0.4, 0.5) is 17.1 Å². The normalized spacial score (nSPS) is 9.32. The number of rotatable bonds is 3. The van der Waals surface area contributed by atoms with Crippen LogP contribution in [0.5, 0.6) is 5.75 Å². The van der Waals surface area contributed by atoms with Crippen LogP contribution in [-0.4, -0.2) is 13.0 Å². The molecule has 0 heterocycles. The molecular weight excluding hydrogens is 304 g/mol. The molecule has 0 aliphatic carbocycles. The second kappa shape index (κ2) is 7.29. The summed E-state index contributed by atoms with van der Waals surface area (Å²) in [6.07, 6.45) is 0. The number of nitrogens with zero attached hydrogens (tertiary/aromatic N) is 2. The van der Waals surface area contributed by atoms with E-state index in [1.165, 1.54) is 13.2 Å². The lowest BCUT2D eigenvalue weighted by atomic mass is 10.1. The fraction of sp³-hybridized carbons (Fsp3) is 0.133. The Labute approximate surface area is 134 Å². The molecule has 114 valence electrons. The SMILES string of the molecule is COc1cc(N)c([N+]#N)c(C)c1NC(=O)c1ccccc1.[Cl-]. The van der Waals surface area contributed by atoms with E-state index in [0.29, 0.717) is 22.6 Å². The highest BCUT2D eigenvalue weighted by molar-refractivity contribution is 6.06. The highest BCUT2D eigenvalue weighted by Gasteiger charge is 2.24. The van der Waals surface area contributed by atoms with E-state index in [-0.39, 0.29) is 29.7 Å². The Morgan fingerprint density at radius 3 is 2.50 bits per heavy atom. The molecule has 0 unspecified atom stereocenters. The van der Waals surface area contributed by atoms with Crippen molar-refractivity contribution in [1.82, 2.24) is 0 Å². The van der Waals surface area contributed by atoms with Gasteiger partial charge in [-0.2, -0.15) is 0 Å². The molecule has 2 aromatic carbocycles. The standard InChI is InChI=1S/C15H14N4O2.ClH/c1-9-13(19-17)11(16)8-12(21-2)14(9)18-15(20)10-6-4-3-5-7-10;/h3-8,16-17H,1-2H3;1H. The molecule has 0 aromatic heterocycles. The van der Waals surface area contributed by atoms with E-state index in [9.17, 15) is 4.79 Å². The van der Waals surface area contributed by atoms with Crippen LogP contribution in [0, 0.1) is 12.3 Å². The number of hydrogen-bond donors (Lipinski definition) is 2. The first-order chi connectivity index (χ1) is 10.1. The second-order valence-corrected chi connectivity index (χ2v) is 4.44. The van der Waals surface area contributed by atoms with E-state index in [2.05, 4.69) is 10.3 Å². The summed E-state index contributed by atoms with van der Waals surface area (Å²) >= 11 is 0. The molecule has 2 aromatic rings. The topological polar surface area (TPSA) is 92.5 Å². The first-order valence-corrected chi connectivity index (χ1v) is 6.27. The largest absolute Gasteiger partial charge is 1.00 e. The first-order valence-electron chi connectivity index (χ1n) is 6.27. The van der Waals surface area contributed by atoms with Crippen LogP contribution >= 0.6 is 0 Å². The molecule has 0 fully saturated rings. The van der Waals surface area contributed by atoms with Crippen LogP contribution in [0.25, 0.3) is 4.98 Å². The van der Waals surface area contributed by atoms with Crippen LogP contribution in [0.3, 0.4) is 0 Å². The van der Waals surface area contributed by atoms with Crippen molar-refractivity contribution in [3.05, 3.63) is 52.5 Å². The van der Waals surface area contributed by atoms with Gasteiger partial charge in [-0.1, -0.05) is 18.2 Å². The molecule has 3 N–H and O–H groups in total. The molecule has 0 atom stereocenters. The summed E-state index contributed by atoms with van der Waals surface area (Å²) in [5.41, 5.74) is 7.71. The number of benzene rings is 2. The molecule has 0 saturated heterocycles. The average Bonchev–Trinajstić information content (AvgIpc) is 2.51. The zero-order valence-electron chi connectivity index (χ0n) is 12.1. The number of nitrogen functional groups attached to an aromatic ring is 1. The van der Waals surface area contributed by atoms with E-state index in [0.717, 1.165) is 0 Å². The van der Waals surface area contributed by atoms with Gasteiger partial charge in [0, 0.05) is 11.6 Å². The first kappa shape index (κ1) is 17.3. The van der Waals surface area contributed by atoms with Gasteiger partial charge in [0.1, 0.15) is 11.4 Å². The van der Waals surface area contributed by atoms with Crippen molar-refractivity contribution in [2.45, 2.75) is 6.92 Å². The lowest BCUT2D eigenvalue weighted by molar-refractivity contribution is -0.0000124. The minimum absolute atomic E-state index is 0. The molecule has 7 heteroatoms. The zero-order chi connectivity index (χ0) is 15.4. The quantitative estimate of drug-likeness (QED) is 0.630. The summed E-state index contributed by atoms with van der Waals surface area (Å²) in [5, 5.41) is 11.8. The summed E-state index contributed by atoms with van der Waals surface area (Å²) in [5.74, 6) is 0.118. The number of anilines is 2. The fourth-order valence-corrected chi connectivity index (χ4v) is 2.03. The molecule has 0 saturated carbocycles. The maximum atomic E-state index is 12.2. The van der Waals surface area contributed by atoms with E-state index in [4.69, 9.17) is 15.9 Å². The molecule has 2 rings (SSSR count). The van der Waals surface area contributed by atoms with Crippen molar-refractivity contribution in [1.29, 1.82) is 5.39 Å². The Morgan fingerprint density at radius 1 is 1.32 bits per heavy atom. The van der Waals surface area contributed by atoms with Gasteiger partial charge < -0.3 is 28.2 Å². The summed E-state index contributed by atoms with van der Waals surface area (Å²) in [4.78, 5) is 15.4. The maximum Gasteiger partial charge on any atom is 0.412 e. The summed E-state index contributed by atoms with van der Waals surface area (Å²) in [7, 11) is 1.47. The Hall–Kier alpha value is -2.78. The Bertz CT molecular complexity index is 727. The van der Waals surface area contributed by atoms with Gasteiger partial charge in [0.05, 0.1) is 18.4 Å². The van der Waals surface area contributed by atoms with Crippen molar-refractivity contribution in [3.8, 4) is 5.75 Å². The smallest absolute Gasteiger partial charge is 0.412 e. The van der Waals surface area contributed by atoms with Crippen molar-refractivity contribution in [2.75, 3.05) is 18.2 Å². The average molecular weight is 319 g/mol. The third-order valence-electron chi connectivity index (χ3n) is 3.13. The number of halogens is 1. The number of nitrogens with two attached hydrogens (primary N) is 1. The molecule has 0 aliphatic rings. The minimum atomic E-state index is -0.286. The molecule has 0 radical (unpaired) electrons. The van der Waals surface area contributed by atoms with Crippen LogP contribution in [0.1, 0.15) is 15.9 Å². The lowest BCUT2D eigenvalue weighted by Gasteiger charge is -2.12. The van der Waals surface area contributed by atoms with Gasteiger partial charge in [-0.15, -0.1) is 0 Å². The Kier molecular flexibility index (Phi) is 5.72. The number of diazo groups is 1. The van der Waals surface area contributed by atoms with Crippen LogP contribution in [0.15, 0.2) is 36.4 Å². The van der Waals surface area contributed by atoms with Crippen molar-refractivity contribution in [3.63, 3.8) is 0 Å². The molecular formula is C15H15ClN4O2. The highest BCUT2D eigenvalue weighted by Crippen LogP contribution is 2.39. The molecule has 22 heavy (non-hydrogen) atoms. The van der Waals surface area contributed by atoms with Crippen molar-refractivity contribution >= 4 is 23.0 Å². The number of amides is 1. The maximum absolute atomic E-state index is 12.2. The Morgan fingerprint density at radius 2 is 1.95 bits per heavy atom. The van der Waals surface area contributed by atoms with Crippen molar-refractivity contribution in [2.24, 2.45) is 0 Å². The number of hydrogen-bond acceptors (Lipinski definition) is 4. The predicted molar refractivity (Wildman–Crippen MR) is 81.3 cm³/mol. The number of carbonyl (C=O) groups is 1. The van der Waals surface area contributed by atoms with Gasteiger partial charge in [0.15, 0.2) is 4.98 Å². The van der Waals surface area contributed by atoms with Crippen LogP contribution < -0.4 is 28.2 Å². The third-order valence-corrected chi connectivity index (χ3v) is 3.13. The van der Waals surface area contributed by atoms with Crippen molar-refractivity contribution < 1.29 is 21.9 Å². The monoisotopic (exact) mass is 318 g/mol. The molecule has 0 aliphatic heterocycles. The summed E-state index contributed by atoms with van der Waals surface area (Å²) in [6.45, 7) is 1.69.